The highest BCUT2D eigenvalue weighted by molar-refractivity contribution is 6.05. The number of hydrogen-bond donors (Lipinski definition) is 2. The lowest BCUT2D eigenvalue weighted by Crippen LogP contribution is -2.26. The predicted molar refractivity (Wildman–Crippen MR) is 105 cm³/mol. The van der Waals surface area contributed by atoms with Crippen molar-refractivity contribution in [3.05, 3.63) is 47.5 Å². The van der Waals surface area contributed by atoms with Crippen LogP contribution in [0.1, 0.15) is 20.7 Å². The van der Waals surface area contributed by atoms with E-state index in [0.29, 0.717) is 47.2 Å². The first-order chi connectivity index (χ1) is 13.5. The molecular formula is C20H24N2O6. The second-order valence-corrected chi connectivity index (χ2v) is 5.69. The molecule has 0 saturated heterocycles. The van der Waals surface area contributed by atoms with Gasteiger partial charge in [0.05, 0.1) is 27.9 Å². The van der Waals surface area contributed by atoms with Crippen LogP contribution < -0.4 is 24.8 Å². The molecule has 28 heavy (non-hydrogen) atoms. The molecule has 2 aromatic rings. The number of anilines is 1. The smallest absolute Gasteiger partial charge is 0.255 e. The summed E-state index contributed by atoms with van der Waals surface area (Å²) in [6.07, 6.45) is 0. The Morgan fingerprint density at radius 3 is 1.82 bits per heavy atom. The van der Waals surface area contributed by atoms with Gasteiger partial charge in [-0.25, -0.2) is 0 Å². The molecule has 2 rings (SSSR count). The maximum Gasteiger partial charge on any atom is 0.255 e. The fourth-order valence-electron chi connectivity index (χ4n) is 2.50. The quantitative estimate of drug-likeness (QED) is 0.641. The molecular weight excluding hydrogens is 364 g/mol. The van der Waals surface area contributed by atoms with Gasteiger partial charge in [0.25, 0.3) is 11.8 Å². The highest BCUT2D eigenvalue weighted by Crippen LogP contribution is 2.40. The third-order valence-electron chi connectivity index (χ3n) is 3.92. The van der Waals surface area contributed by atoms with Gasteiger partial charge in [0.15, 0.2) is 11.5 Å². The van der Waals surface area contributed by atoms with Gasteiger partial charge in [-0.1, -0.05) is 0 Å². The van der Waals surface area contributed by atoms with Crippen LogP contribution in [-0.4, -0.2) is 53.4 Å². The lowest BCUT2D eigenvalue weighted by atomic mass is 10.1. The summed E-state index contributed by atoms with van der Waals surface area (Å²) in [6.45, 7) is 0.847. The molecule has 0 saturated carbocycles. The summed E-state index contributed by atoms with van der Waals surface area (Å²) in [5.74, 6) is 0.738. The van der Waals surface area contributed by atoms with Crippen LogP contribution in [0.3, 0.4) is 0 Å². The van der Waals surface area contributed by atoms with Gasteiger partial charge >= 0.3 is 0 Å². The maximum atomic E-state index is 12.5. The zero-order valence-corrected chi connectivity index (χ0v) is 16.3. The van der Waals surface area contributed by atoms with Gasteiger partial charge in [-0.2, -0.15) is 0 Å². The number of nitrogens with one attached hydrogen (secondary N) is 2. The molecule has 150 valence electrons. The third-order valence-corrected chi connectivity index (χ3v) is 3.92. The molecule has 0 aliphatic carbocycles. The molecule has 8 heteroatoms. The topological polar surface area (TPSA) is 95.1 Å². The van der Waals surface area contributed by atoms with Gasteiger partial charge in [0.2, 0.25) is 5.75 Å². The van der Waals surface area contributed by atoms with Crippen molar-refractivity contribution in [2.75, 3.05) is 46.9 Å². The molecule has 2 aromatic carbocycles. The molecule has 0 aliphatic rings. The summed E-state index contributed by atoms with van der Waals surface area (Å²) in [4.78, 5) is 24.5. The zero-order chi connectivity index (χ0) is 20.5. The van der Waals surface area contributed by atoms with Crippen molar-refractivity contribution >= 4 is 17.5 Å². The van der Waals surface area contributed by atoms with Crippen LogP contribution in [0.25, 0.3) is 0 Å². The summed E-state index contributed by atoms with van der Waals surface area (Å²) in [5, 5.41) is 5.50. The van der Waals surface area contributed by atoms with Gasteiger partial charge < -0.3 is 29.6 Å². The molecule has 0 heterocycles. The SMILES string of the molecule is COCCNC(=O)c1ccc(C(=O)Nc2cc(OC)c(OC)c(OC)c2)cc1. The van der Waals surface area contributed by atoms with E-state index in [2.05, 4.69) is 10.6 Å². The normalized spacial score (nSPS) is 10.1. The van der Waals surface area contributed by atoms with Gasteiger partial charge in [0.1, 0.15) is 0 Å². The lowest BCUT2D eigenvalue weighted by molar-refractivity contribution is 0.0935. The van der Waals surface area contributed by atoms with Crippen LogP contribution in [0, 0.1) is 0 Å². The molecule has 0 atom stereocenters. The van der Waals surface area contributed by atoms with Crippen LogP contribution in [0.2, 0.25) is 0 Å². The Morgan fingerprint density at radius 1 is 0.821 bits per heavy atom. The first-order valence-electron chi connectivity index (χ1n) is 8.52. The van der Waals surface area contributed by atoms with E-state index in [0.717, 1.165) is 0 Å². The fourth-order valence-corrected chi connectivity index (χ4v) is 2.50. The van der Waals surface area contributed by atoms with Crippen LogP contribution in [-0.2, 0) is 4.74 Å². The van der Waals surface area contributed by atoms with Crippen molar-refractivity contribution in [3.63, 3.8) is 0 Å². The van der Waals surface area contributed by atoms with Crippen LogP contribution in [0.5, 0.6) is 17.2 Å². The number of methoxy groups -OCH3 is 4. The second kappa shape index (κ2) is 10.2. The number of ether oxygens (including phenoxy) is 4. The summed E-state index contributed by atoms with van der Waals surface area (Å²) >= 11 is 0. The van der Waals surface area contributed by atoms with Crippen LogP contribution in [0.4, 0.5) is 5.69 Å². The molecule has 0 radical (unpaired) electrons. The minimum atomic E-state index is -0.333. The highest BCUT2D eigenvalue weighted by atomic mass is 16.5. The minimum absolute atomic E-state index is 0.228. The maximum absolute atomic E-state index is 12.5. The van der Waals surface area contributed by atoms with E-state index in [1.165, 1.54) is 21.3 Å². The number of amides is 2. The Labute approximate surface area is 163 Å². The van der Waals surface area contributed by atoms with Crippen molar-refractivity contribution < 1.29 is 28.5 Å². The monoisotopic (exact) mass is 388 g/mol. The van der Waals surface area contributed by atoms with Crippen LogP contribution >= 0.6 is 0 Å². The summed E-state index contributed by atoms with van der Waals surface area (Å²) in [5.41, 5.74) is 1.35. The number of carbonyl (C=O) groups excluding carboxylic acids is 2. The number of benzene rings is 2. The van der Waals surface area contributed by atoms with E-state index >= 15 is 0 Å². The molecule has 0 unspecified atom stereocenters. The highest BCUT2D eigenvalue weighted by Gasteiger charge is 2.15. The van der Waals surface area contributed by atoms with Crippen molar-refractivity contribution in [2.45, 2.75) is 0 Å². The molecule has 2 N–H and O–H groups in total. The molecule has 8 nitrogen and oxygen atoms in total. The Balaban J connectivity index is 2.11. The molecule has 0 spiro atoms. The largest absolute Gasteiger partial charge is 0.493 e. The molecule has 0 fully saturated rings. The van der Waals surface area contributed by atoms with Crippen molar-refractivity contribution in [1.29, 1.82) is 0 Å². The number of carbonyl (C=O) groups is 2. The van der Waals surface area contributed by atoms with E-state index in [1.807, 2.05) is 0 Å². The Kier molecular flexibility index (Phi) is 7.65. The van der Waals surface area contributed by atoms with Gasteiger partial charge in [-0.3, -0.25) is 9.59 Å². The first kappa shape index (κ1) is 21.0. The first-order valence-corrected chi connectivity index (χ1v) is 8.52. The Bertz CT molecular complexity index is 795. The van der Waals surface area contributed by atoms with E-state index < -0.39 is 0 Å². The van der Waals surface area contributed by atoms with Gasteiger partial charge in [-0.05, 0) is 24.3 Å². The van der Waals surface area contributed by atoms with E-state index in [-0.39, 0.29) is 11.8 Å². The second-order valence-electron chi connectivity index (χ2n) is 5.69. The molecule has 2 amide bonds. The summed E-state index contributed by atoms with van der Waals surface area (Å²) < 4.78 is 20.7. The Morgan fingerprint density at radius 2 is 1.36 bits per heavy atom. The number of rotatable bonds is 9. The average Bonchev–Trinajstić information content (AvgIpc) is 2.73. The minimum Gasteiger partial charge on any atom is -0.493 e. The van der Waals surface area contributed by atoms with Crippen molar-refractivity contribution in [2.24, 2.45) is 0 Å². The summed E-state index contributed by atoms with van der Waals surface area (Å²) in [6, 6.07) is 9.61. The standard InChI is InChI=1S/C20H24N2O6/c1-25-10-9-21-19(23)13-5-7-14(8-6-13)20(24)22-15-11-16(26-2)18(28-4)17(12-15)27-3/h5-8,11-12H,9-10H2,1-4H3,(H,21,23)(H,22,24). The summed E-state index contributed by atoms with van der Waals surface area (Å²) in [7, 11) is 6.07. The van der Waals surface area contributed by atoms with Gasteiger partial charge in [-0.15, -0.1) is 0 Å². The number of hydrogen-bond acceptors (Lipinski definition) is 6. The lowest BCUT2D eigenvalue weighted by Gasteiger charge is -2.14. The molecule has 0 aromatic heterocycles. The van der Waals surface area contributed by atoms with E-state index in [1.54, 1.807) is 43.5 Å². The van der Waals surface area contributed by atoms with Crippen molar-refractivity contribution in [3.8, 4) is 17.2 Å². The molecule has 0 aliphatic heterocycles. The van der Waals surface area contributed by atoms with Crippen LogP contribution in [0.15, 0.2) is 36.4 Å². The van der Waals surface area contributed by atoms with E-state index in [9.17, 15) is 9.59 Å². The average molecular weight is 388 g/mol. The third kappa shape index (κ3) is 5.14. The Hall–Kier alpha value is -3.26. The predicted octanol–water partition coefficient (Wildman–Crippen LogP) is 2.34. The fraction of sp³-hybridized carbons (Fsp3) is 0.300. The molecule has 0 bridgehead atoms. The van der Waals surface area contributed by atoms with Crippen molar-refractivity contribution in [1.82, 2.24) is 5.32 Å². The zero-order valence-electron chi connectivity index (χ0n) is 16.3. The van der Waals surface area contributed by atoms with E-state index in [4.69, 9.17) is 18.9 Å². The van der Waals surface area contributed by atoms with Gasteiger partial charge in [0, 0.05) is 42.6 Å².